The quantitative estimate of drug-likeness (QED) is 0.555. The topological polar surface area (TPSA) is 50.9 Å². The molecule has 0 aliphatic carbocycles. The molecular weight excluding hydrogens is 266 g/mol. The van der Waals surface area contributed by atoms with Gasteiger partial charge in [-0.1, -0.05) is 24.3 Å². The van der Waals surface area contributed by atoms with E-state index >= 15 is 0 Å². The molecule has 100 valence electrons. The van der Waals surface area contributed by atoms with Gasteiger partial charge in [0, 0.05) is 22.2 Å². The lowest BCUT2D eigenvalue weighted by Crippen LogP contribution is -1.96. The minimum atomic E-state index is 0.698. The first-order chi connectivity index (χ1) is 9.79. The molecule has 0 saturated carbocycles. The van der Waals surface area contributed by atoms with E-state index in [2.05, 4.69) is 28.7 Å². The molecule has 2 aromatic carbocycles. The Morgan fingerprint density at radius 2 is 1.85 bits per heavy atom. The van der Waals surface area contributed by atoms with Gasteiger partial charge in [0.05, 0.1) is 16.9 Å². The first-order valence-electron chi connectivity index (χ1n) is 6.33. The van der Waals surface area contributed by atoms with Gasteiger partial charge >= 0.3 is 0 Å². The van der Waals surface area contributed by atoms with Crippen LogP contribution in [0.5, 0.6) is 0 Å². The molecule has 1 aromatic heterocycles. The van der Waals surface area contributed by atoms with Crippen molar-refractivity contribution in [3.63, 3.8) is 0 Å². The molecule has 0 bridgehead atoms. The van der Waals surface area contributed by atoms with E-state index in [4.69, 9.17) is 5.73 Å². The summed E-state index contributed by atoms with van der Waals surface area (Å²) >= 11 is 1.72. The van der Waals surface area contributed by atoms with Crippen LogP contribution in [0.4, 0.5) is 17.1 Å². The number of benzene rings is 2. The van der Waals surface area contributed by atoms with Crippen molar-refractivity contribution in [2.75, 3.05) is 17.3 Å². The summed E-state index contributed by atoms with van der Waals surface area (Å²) in [6.07, 6.45) is 3.85. The number of anilines is 3. The molecule has 1 heterocycles. The Kier molecular flexibility index (Phi) is 3.48. The average Bonchev–Trinajstić information content (AvgIpc) is 2.49. The van der Waals surface area contributed by atoms with Gasteiger partial charge in [0.2, 0.25) is 0 Å². The van der Waals surface area contributed by atoms with Gasteiger partial charge in [-0.2, -0.15) is 0 Å². The van der Waals surface area contributed by atoms with Crippen LogP contribution in [0.3, 0.4) is 0 Å². The minimum absolute atomic E-state index is 0.698. The van der Waals surface area contributed by atoms with Crippen LogP contribution in [0.15, 0.2) is 59.6 Å². The largest absolute Gasteiger partial charge is 0.397 e. The zero-order chi connectivity index (χ0) is 13.9. The van der Waals surface area contributed by atoms with E-state index < -0.39 is 0 Å². The van der Waals surface area contributed by atoms with Gasteiger partial charge in [-0.25, -0.2) is 0 Å². The van der Waals surface area contributed by atoms with Gasteiger partial charge in [-0.3, -0.25) is 4.98 Å². The minimum Gasteiger partial charge on any atom is -0.397 e. The van der Waals surface area contributed by atoms with Crippen LogP contribution in [-0.4, -0.2) is 11.2 Å². The molecule has 0 spiro atoms. The van der Waals surface area contributed by atoms with Crippen LogP contribution in [0.25, 0.3) is 10.9 Å². The Balaban J connectivity index is 2.09. The molecule has 4 heteroatoms. The highest BCUT2D eigenvalue weighted by atomic mass is 32.2. The van der Waals surface area contributed by atoms with Crippen molar-refractivity contribution in [3.05, 3.63) is 54.7 Å². The maximum absolute atomic E-state index is 5.98. The van der Waals surface area contributed by atoms with Gasteiger partial charge in [-0.15, -0.1) is 11.8 Å². The van der Waals surface area contributed by atoms with Crippen molar-refractivity contribution in [2.45, 2.75) is 4.90 Å². The Labute approximate surface area is 122 Å². The van der Waals surface area contributed by atoms with Crippen molar-refractivity contribution in [1.29, 1.82) is 0 Å². The molecule has 3 rings (SSSR count). The van der Waals surface area contributed by atoms with Gasteiger partial charge in [-0.05, 0) is 30.5 Å². The molecule has 3 N–H and O–H groups in total. The normalized spacial score (nSPS) is 10.7. The number of hydrogen-bond donors (Lipinski definition) is 2. The number of nitrogens with two attached hydrogens (primary N) is 1. The van der Waals surface area contributed by atoms with Gasteiger partial charge in [0.1, 0.15) is 0 Å². The van der Waals surface area contributed by atoms with E-state index in [0.29, 0.717) is 5.69 Å². The summed E-state index contributed by atoms with van der Waals surface area (Å²) in [5, 5.41) is 4.51. The number of nitrogens with one attached hydrogen (secondary N) is 1. The lowest BCUT2D eigenvalue weighted by atomic mass is 10.1. The lowest BCUT2D eigenvalue weighted by molar-refractivity contribution is 1.38. The van der Waals surface area contributed by atoms with Gasteiger partial charge < -0.3 is 11.1 Å². The Bertz CT molecular complexity index is 756. The number of hydrogen-bond acceptors (Lipinski definition) is 4. The van der Waals surface area contributed by atoms with Gasteiger partial charge in [0.15, 0.2) is 0 Å². The third-order valence-corrected chi connectivity index (χ3v) is 3.97. The summed E-state index contributed by atoms with van der Waals surface area (Å²) in [6.45, 7) is 0. The number of pyridine rings is 1. The lowest BCUT2D eigenvalue weighted by Gasteiger charge is -2.13. The first kappa shape index (κ1) is 12.8. The van der Waals surface area contributed by atoms with Crippen molar-refractivity contribution in [3.8, 4) is 0 Å². The maximum Gasteiger partial charge on any atom is 0.0951 e. The fourth-order valence-corrected chi connectivity index (χ4v) is 2.75. The summed E-state index contributed by atoms with van der Waals surface area (Å²) in [6, 6.07) is 16.1. The SMILES string of the molecule is CSc1ccccc1Nc1ccnc2c(N)cccc12. The average molecular weight is 281 g/mol. The van der Waals surface area contributed by atoms with Crippen molar-refractivity contribution in [2.24, 2.45) is 0 Å². The van der Waals surface area contributed by atoms with Crippen LogP contribution < -0.4 is 11.1 Å². The molecular formula is C16H15N3S. The third kappa shape index (κ3) is 2.30. The predicted octanol–water partition coefficient (Wildman–Crippen LogP) is 4.28. The Morgan fingerprint density at radius 1 is 1.00 bits per heavy atom. The molecule has 0 atom stereocenters. The van der Waals surface area contributed by atoms with Crippen molar-refractivity contribution < 1.29 is 0 Å². The van der Waals surface area contributed by atoms with E-state index in [1.807, 2.05) is 36.4 Å². The number of aromatic nitrogens is 1. The van der Waals surface area contributed by atoms with E-state index in [9.17, 15) is 0 Å². The molecule has 0 aliphatic rings. The zero-order valence-electron chi connectivity index (χ0n) is 11.1. The van der Waals surface area contributed by atoms with E-state index in [1.54, 1.807) is 18.0 Å². The Morgan fingerprint density at radius 3 is 2.70 bits per heavy atom. The molecule has 20 heavy (non-hydrogen) atoms. The number of rotatable bonds is 3. The number of nitrogens with zero attached hydrogens (tertiary/aromatic N) is 1. The second kappa shape index (κ2) is 5.43. The number of nitrogen functional groups attached to an aromatic ring is 1. The van der Waals surface area contributed by atoms with E-state index in [1.165, 1.54) is 4.90 Å². The summed E-state index contributed by atoms with van der Waals surface area (Å²) in [4.78, 5) is 5.56. The predicted molar refractivity (Wildman–Crippen MR) is 87.7 cm³/mol. The molecule has 0 amide bonds. The number of fused-ring (bicyclic) bond motifs is 1. The highest BCUT2D eigenvalue weighted by Gasteiger charge is 2.06. The number of para-hydroxylation sites is 2. The fraction of sp³-hybridized carbons (Fsp3) is 0.0625. The summed E-state index contributed by atoms with van der Waals surface area (Å²) < 4.78 is 0. The first-order valence-corrected chi connectivity index (χ1v) is 7.55. The molecule has 0 saturated heterocycles. The smallest absolute Gasteiger partial charge is 0.0951 e. The maximum atomic E-state index is 5.98. The second-order valence-electron chi connectivity index (χ2n) is 4.43. The van der Waals surface area contributed by atoms with Gasteiger partial charge in [0.25, 0.3) is 0 Å². The van der Waals surface area contributed by atoms with Crippen LogP contribution in [0.2, 0.25) is 0 Å². The molecule has 3 nitrogen and oxygen atoms in total. The highest BCUT2D eigenvalue weighted by Crippen LogP contribution is 2.31. The highest BCUT2D eigenvalue weighted by molar-refractivity contribution is 7.98. The summed E-state index contributed by atoms with van der Waals surface area (Å²) in [5.41, 5.74) is 9.62. The van der Waals surface area contributed by atoms with Crippen molar-refractivity contribution >= 4 is 39.7 Å². The fourth-order valence-electron chi connectivity index (χ4n) is 2.20. The van der Waals surface area contributed by atoms with Crippen LogP contribution >= 0.6 is 11.8 Å². The molecule has 0 radical (unpaired) electrons. The van der Waals surface area contributed by atoms with E-state index in [-0.39, 0.29) is 0 Å². The number of thioether (sulfide) groups is 1. The standard InChI is InChI=1S/C16H15N3S/c1-20-15-8-3-2-7-14(15)19-13-9-10-18-16-11(13)5-4-6-12(16)17/h2-10H,17H2,1H3,(H,18,19). The molecule has 0 fully saturated rings. The van der Waals surface area contributed by atoms with Crippen LogP contribution in [0, 0.1) is 0 Å². The van der Waals surface area contributed by atoms with E-state index in [0.717, 1.165) is 22.3 Å². The van der Waals surface area contributed by atoms with Crippen LogP contribution in [0.1, 0.15) is 0 Å². The summed E-state index contributed by atoms with van der Waals surface area (Å²) in [5.74, 6) is 0. The molecule has 3 aromatic rings. The molecule has 0 unspecified atom stereocenters. The third-order valence-electron chi connectivity index (χ3n) is 3.18. The van der Waals surface area contributed by atoms with Crippen molar-refractivity contribution in [1.82, 2.24) is 4.98 Å². The second-order valence-corrected chi connectivity index (χ2v) is 5.28. The summed E-state index contributed by atoms with van der Waals surface area (Å²) in [7, 11) is 0. The monoisotopic (exact) mass is 281 g/mol. The van der Waals surface area contributed by atoms with Crippen LogP contribution in [-0.2, 0) is 0 Å². The molecule has 0 aliphatic heterocycles. The zero-order valence-corrected chi connectivity index (χ0v) is 11.9. The Hall–Kier alpha value is -2.20.